The smallest absolute Gasteiger partial charge is 0.308 e. The predicted octanol–water partition coefficient (Wildman–Crippen LogP) is 3.39. The quantitative estimate of drug-likeness (QED) is 0.749. The van der Waals surface area contributed by atoms with Gasteiger partial charge < -0.3 is 10.0 Å². The summed E-state index contributed by atoms with van der Waals surface area (Å²) in [5, 5.41) is 14.9. The maximum atomic E-state index is 13.0. The minimum absolute atomic E-state index is 0.0851. The van der Waals surface area contributed by atoms with E-state index in [-0.39, 0.29) is 11.9 Å². The molecule has 0 saturated carbocycles. The van der Waals surface area contributed by atoms with Crippen LogP contribution >= 0.6 is 11.3 Å². The first-order valence-electron chi connectivity index (χ1n) is 9.00. The number of aliphatic carboxylic acids is 1. The van der Waals surface area contributed by atoms with E-state index >= 15 is 0 Å². The Hall–Kier alpha value is -2.67. The van der Waals surface area contributed by atoms with Crippen molar-refractivity contribution in [1.82, 2.24) is 14.7 Å². The zero-order valence-electron chi connectivity index (χ0n) is 15.3. The molecular formula is C20H21N3O3S. The highest BCUT2D eigenvalue weighted by molar-refractivity contribution is 7.20. The number of benzene rings is 1. The van der Waals surface area contributed by atoms with E-state index in [9.17, 15) is 14.7 Å². The third kappa shape index (κ3) is 3.12. The normalized spacial score (nSPS) is 19.7. The molecule has 2 aromatic heterocycles. The fourth-order valence-corrected chi connectivity index (χ4v) is 4.90. The van der Waals surface area contributed by atoms with E-state index in [1.807, 2.05) is 42.8 Å². The Labute approximate surface area is 161 Å². The van der Waals surface area contributed by atoms with Crippen LogP contribution in [0.25, 0.3) is 10.2 Å². The van der Waals surface area contributed by atoms with Gasteiger partial charge in [-0.05, 0) is 31.9 Å². The van der Waals surface area contributed by atoms with Crippen LogP contribution in [0.2, 0.25) is 0 Å². The van der Waals surface area contributed by atoms with Gasteiger partial charge in [-0.25, -0.2) is 0 Å². The van der Waals surface area contributed by atoms with Gasteiger partial charge in [-0.1, -0.05) is 30.3 Å². The van der Waals surface area contributed by atoms with Crippen molar-refractivity contribution >= 4 is 33.4 Å². The van der Waals surface area contributed by atoms with Gasteiger partial charge in [0.05, 0.1) is 23.0 Å². The fraction of sp³-hybridized carbons (Fsp3) is 0.350. The van der Waals surface area contributed by atoms with Crippen molar-refractivity contribution in [1.29, 1.82) is 0 Å². The van der Waals surface area contributed by atoms with E-state index in [0.29, 0.717) is 24.4 Å². The molecule has 1 aromatic carbocycles. The van der Waals surface area contributed by atoms with Crippen LogP contribution in [0, 0.1) is 12.8 Å². The Morgan fingerprint density at radius 3 is 2.70 bits per heavy atom. The number of likely N-dealkylation sites (tertiary alicyclic amines) is 1. The number of carbonyl (C=O) groups excluding carboxylic acids is 1. The van der Waals surface area contributed by atoms with Gasteiger partial charge in [0.25, 0.3) is 5.91 Å². The molecule has 1 N–H and O–H groups in total. The van der Waals surface area contributed by atoms with Crippen LogP contribution < -0.4 is 0 Å². The highest BCUT2D eigenvalue weighted by Gasteiger charge is 2.38. The van der Waals surface area contributed by atoms with E-state index in [2.05, 4.69) is 17.2 Å². The molecule has 4 rings (SSSR count). The van der Waals surface area contributed by atoms with Crippen LogP contribution in [0.5, 0.6) is 0 Å². The second-order valence-corrected chi connectivity index (χ2v) is 8.06. The summed E-state index contributed by atoms with van der Waals surface area (Å²) >= 11 is 1.43. The largest absolute Gasteiger partial charge is 0.481 e. The number of carbonyl (C=O) groups is 2. The lowest BCUT2D eigenvalue weighted by atomic mass is 10.0. The van der Waals surface area contributed by atoms with Crippen LogP contribution in [0.1, 0.15) is 34.3 Å². The predicted molar refractivity (Wildman–Crippen MR) is 104 cm³/mol. The van der Waals surface area contributed by atoms with Gasteiger partial charge in [-0.3, -0.25) is 14.3 Å². The molecular weight excluding hydrogens is 362 g/mol. The summed E-state index contributed by atoms with van der Waals surface area (Å²) in [5.41, 5.74) is 2.05. The molecule has 1 aliphatic heterocycles. The molecule has 3 heterocycles. The first-order valence-corrected chi connectivity index (χ1v) is 9.82. The Balaban J connectivity index is 1.63. The van der Waals surface area contributed by atoms with Crippen molar-refractivity contribution in [2.24, 2.45) is 5.92 Å². The lowest BCUT2D eigenvalue weighted by molar-refractivity contribution is -0.142. The van der Waals surface area contributed by atoms with Gasteiger partial charge in [0, 0.05) is 18.0 Å². The molecule has 1 amide bonds. The van der Waals surface area contributed by atoms with E-state index < -0.39 is 11.9 Å². The van der Waals surface area contributed by atoms with E-state index in [1.54, 1.807) is 4.90 Å². The molecule has 7 heteroatoms. The van der Waals surface area contributed by atoms with Crippen molar-refractivity contribution < 1.29 is 14.7 Å². The van der Waals surface area contributed by atoms with Gasteiger partial charge in [-0.15, -0.1) is 11.3 Å². The average Bonchev–Trinajstić information content (AvgIpc) is 3.31. The molecule has 0 spiro atoms. The molecule has 6 nitrogen and oxygen atoms in total. The van der Waals surface area contributed by atoms with Crippen LogP contribution in [0.3, 0.4) is 0 Å². The molecule has 1 saturated heterocycles. The highest BCUT2D eigenvalue weighted by Crippen LogP contribution is 2.32. The molecule has 0 aliphatic carbocycles. The monoisotopic (exact) mass is 383 g/mol. The maximum absolute atomic E-state index is 13.0. The fourth-order valence-electron chi connectivity index (χ4n) is 3.78. The van der Waals surface area contributed by atoms with Crippen molar-refractivity contribution in [3.8, 4) is 0 Å². The number of hydrogen-bond donors (Lipinski definition) is 1. The summed E-state index contributed by atoms with van der Waals surface area (Å²) in [4.78, 5) is 27.6. The SMILES string of the molecule is Cc1nn(Cc2ccccc2)c2sc(C(=O)N3CCC(C(=O)O)C3C)cc12. The molecule has 1 aliphatic rings. The lowest BCUT2D eigenvalue weighted by Gasteiger charge is -2.22. The van der Waals surface area contributed by atoms with Gasteiger partial charge in [0.1, 0.15) is 4.83 Å². The van der Waals surface area contributed by atoms with Crippen molar-refractivity contribution in [2.45, 2.75) is 32.9 Å². The summed E-state index contributed by atoms with van der Waals surface area (Å²) in [6.45, 7) is 4.91. The summed E-state index contributed by atoms with van der Waals surface area (Å²) in [7, 11) is 0. The minimum Gasteiger partial charge on any atom is -0.481 e. The Morgan fingerprint density at radius 2 is 2.04 bits per heavy atom. The number of hydrogen-bond acceptors (Lipinski definition) is 4. The second kappa shape index (κ2) is 6.81. The second-order valence-electron chi connectivity index (χ2n) is 7.03. The molecule has 2 atom stereocenters. The minimum atomic E-state index is -0.830. The molecule has 1 fully saturated rings. The number of nitrogens with zero attached hydrogens (tertiary/aromatic N) is 3. The number of amides is 1. The molecule has 2 unspecified atom stereocenters. The van der Waals surface area contributed by atoms with E-state index in [4.69, 9.17) is 0 Å². The summed E-state index contributed by atoms with van der Waals surface area (Å²) in [6.07, 6.45) is 0.508. The van der Waals surface area contributed by atoms with E-state index in [1.165, 1.54) is 11.3 Å². The Kier molecular flexibility index (Phi) is 4.47. The number of rotatable bonds is 4. The first-order chi connectivity index (χ1) is 13.0. The molecule has 27 heavy (non-hydrogen) atoms. The topological polar surface area (TPSA) is 75.4 Å². The number of carboxylic acids is 1. The number of fused-ring (bicyclic) bond motifs is 1. The van der Waals surface area contributed by atoms with Gasteiger partial charge in [-0.2, -0.15) is 5.10 Å². The van der Waals surface area contributed by atoms with Crippen molar-refractivity contribution in [2.75, 3.05) is 6.54 Å². The maximum Gasteiger partial charge on any atom is 0.308 e. The van der Waals surface area contributed by atoms with Crippen LogP contribution in [-0.2, 0) is 11.3 Å². The van der Waals surface area contributed by atoms with Gasteiger partial charge >= 0.3 is 5.97 Å². The average molecular weight is 383 g/mol. The highest BCUT2D eigenvalue weighted by atomic mass is 32.1. The van der Waals surface area contributed by atoms with Gasteiger partial charge in [0.15, 0.2) is 0 Å². The van der Waals surface area contributed by atoms with Crippen LogP contribution in [-0.4, -0.2) is 44.3 Å². The molecule has 3 aromatic rings. The zero-order valence-corrected chi connectivity index (χ0v) is 16.1. The summed E-state index contributed by atoms with van der Waals surface area (Å²) < 4.78 is 1.94. The van der Waals surface area contributed by atoms with E-state index in [0.717, 1.165) is 21.5 Å². The molecule has 0 radical (unpaired) electrons. The number of thiophene rings is 1. The third-order valence-electron chi connectivity index (χ3n) is 5.33. The molecule has 140 valence electrons. The Morgan fingerprint density at radius 1 is 1.30 bits per heavy atom. The van der Waals surface area contributed by atoms with Crippen LogP contribution in [0.15, 0.2) is 36.4 Å². The number of aromatic nitrogens is 2. The number of aryl methyl sites for hydroxylation is 1. The zero-order chi connectivity index (χ0) is 19.1. The summed E-state index contributed by atoms with van der Waals surface area (Å²) in [5.74, 6) is -1.40. The standard InChI is InChI=1S/C20H21N3O3S/c1-12-16-10-17(18(24)22-9-8-15(13(22)2)20(25)26)27-19(16)23(21-12)11-14-6-4-3-5-7-14/h3-7,10,13,15H,8-9,11H2,1-2H3,(H,25,26). The summed E-state index contributed by atoms with van der Waals surface area (Å²) in [6, 6.07) is 11.7. The molecule has 0 bridgehead atoms. The van der Waals surface area contributed by atoms with Crippen molar-refractivity contribution in [3.63, 3.8) is 0 Å². The van der Waals surface area contributed by atoms with Gasteiger partial charge in [0.2, 0.25) is 0 Å². The Bertz CT molecular complexity index is 1010. The first kappa shape index (κ1) is 17.7. The van der Waals surface area contributed by atoms with Crippen molar-refractivity contribution in [3.05, 3.63) is 52.5 Å². The lowest BCUT2D eigenvalue weighted by Crippen LogP contribution is -2.37. The van der Waals surface area contributed by atoms with Crippen LogP contribution in [0.4, 0.5) is 0 Å². The number of carboxylic acid groups (broad SMARTS) is 1. The third-order valence-corrected chi connectivity index (χ3v) is 6.46.